The molecule has 0 saturated heterocycles. The fraction of sp³-hybridized carbons (Fsp3) is 0. The van der Waals surface area contributed by atoms with E-state index in [1.165, 1.54) is 24.4 Å². The first-order chi connectivity index (χ1) is 12.2. The standard InChI is InChI=1S/C16H12N6O3/c23-22(24)15-9-8-13(25-15)7-4-10-17-20-16-19-14(11-18-21-16)12-5-2-1-3-6-12/h1-11H,(H,19,20,21)/b7-4+,17-10+. The highest BCUT2D eigenvalue weighted by Gasteiger charge is 2.09. The summed E-state index contributed by atoms with van der Waals surface area (Å²) in [6.07, 6.45) is 6.10. The van der Waals surface area contributed by atoms with E-state index < -0.39 is 4.92 Å². The molecule has 124 valence electrons. The van der Waals surface area contributed by atoms with Crippen molar-refractivity contribution in [2.24, 2.45) is 5.10 Å². The Balaban J connectivity index is 1.60. The van der Waals surface area contributed by atoms with Crippen molar-refractivity contribution >= 4 is 24.1 Å². The van der Waals surface area contributed by atoms with Gasteiger partial charge in [0.2, 0.25) is 0 Å². The van der Waals surface area contributed by atoms with E-state index in [-0.39, 0.29) is 11.8 Å². The average Bonchev–Trinajstić information content (AvgIpc) is 3.12. The van der Waals surface area contributed by atoms with Gasteiger partial charge in [0, 0.05) is 11.8 Å². The van der Waals surface area contributed by atoms with Gasteiger partial charge in [-0.3, -0.25) is 10.1 Å². The van der Waals surface area contributed by atoms with Gasteiger partial charge in [-0.1, -0.05) is 30.3 Å². The normalized spacial score (nSPS) is 11.2. The van der Waals surface area contributed by atoms with Crippen molar-refractivity contribution < 1.29 is 9.34 Å². The minimum atomic E-state index is -0.600. The zero-order valence-corrected chi connectivity index (χ0v) is 12.8. The number of benzene rings is 1. The lowest BCUT2D eigenvalue weighted by Crippen LogP contribution is -1.99. The molecule has 2 heterocycles. The van der Waals surface area contributed by atoms with E-state index in [2.05, 4.69) is 25.7 Å². The van der Waals surface area contributed by atoms with E-state index >= 15 is 0 Å². The molecule has 0 amide bonds. The summed E-state index contributed by atoms with van der Waals surface area (Å²) in [5, 5.41) is 22.2. The number of furan rings is 1. The van der Waals surface area contributed by atoms with Crippen molar-refractivity contribution in [2.75, 3.05) is 5.43 Å². The van der Waals surface area contributed by atoms with Crippen LogP contribution in [-0.2, 0) is 0 Å². The summed E-state index contributed by atoms with van der Waals surface area (Å²) in [5.74, 6) is 0.286. The minimum Gasteiger partial charge on any atom is -0.401 e. The van der Waals surface area contributed by atoms with E-state index in [0.29, 0.717) is 11.5 Å². The maximum atomic E-state index is 10.5. The van der Waals surface area contributed by atoms with Crippen LogP contribution >= 0.6 is 0 Å². The molecule has 2 aromatic heterocycles. The molecule has 1 N–H and O–H groups in total. The molecule has 9 heteroatoms. The van der Waals surface area contributed by atoms with E-state index in [0.717, 1.165) is 5.56 Å². The summed E-state index contributed by atoms with van der Waals surface area (Å²) in [6, 6.07) is 12.3. The summed E-state index contributed by atoms with van der Waals surface area (Å²) < 4.78 is 4.97. The lowest BCUT2D eigenvalue weighted by atomic mass is 10.2. The summed E-state index contributed by atoms with van der Waals surface area (Å²) in [6.45, 7) is 0. The highest BCUT2D eigenvalue weighted by molar-refractivity contribution is 5.78. The second-order valence-electron chi connectivity index (χ2n) is 4.71. The van der Waals surface area contributed by atoms with Crippen molar-refractivity contribution in [3.8, 4) is 11.3 Å². The number of anilines is 1. The molecule has 9 nitrogen and oxygen atoms in total. The number of rotatable bonds is 6. The Morgan fingerprint density at radius 3 is 2.80 bits per heavy atom. The molecule has 25 heavy (non-hydrogen) atoms. The molecule has 0 radical (unpaired) electrons. The van der Waals surface area contributed by atoms with Crippen LogP contribution in [-0.4, -0.2) is 26.3 Å². The van der Waals surface area contributed by atoms with Crippen LogP contribution in [0.5, 0.6) is 0 Å². The fourth-order valence-electron chi connectivity index (χ4n) is 1.90. The number of hydrogen-bond acceptors (Lipinski definition) is 8. The second-order valence-corrected chi connectivity index (χ2v) is 4.71. The molecule has 0 aliphatic heterocycles. The predicted octanol–water partition coefficient (Wildman–Crippen LogP) is 3.15. The third kappa shape index (κ3) is 4.32. The SMILES string of the molecule is O=[N+]([O-])c1ccc(/C=C/C=N/Nc2nncc(-c3ccccc3)n2)o1. The Morgan fingerprint density at radius 1 is 1.20 bits per heavy atom. The van der Waals surface area contributed by atoms with Crippen LogP contribution in [0.3, 0.4) is 0 Å². The smallest absolute Gasteiger partial charge is 0.401 e. The molecule has 0 saturated carbocycles. The Hall–Kier alpha value is -3.88. The number of hydrogen-bond donors (Lipinski definition) is 1. The monoisotopic (exact) mass is 336 g/mol. The molecule has 0 fully saturated rings. The first-order valence-corrected chi connectivity index (χ1v) is 7.17. The molecule has 3 aromatic rings. The number of aromatic nitrogens is 3. The molecular weight excluding hydrogens is 324 g/mol. The Labute approximate surface area is 141 Å². The molecular formula is C16H12N6O3. The number of nitro groups is 1. The van der Waals surface area contributed by atoms with Crippen molar-refractivity contribution in [1.82, 2.24) is 15.2 Å². The van der Waals surface area contributed by atoms with Crippen LogP contribution in [0.1, 0.15) is 5.76 Å². The maximum Gasteiger partial charge on any atom is 0.433 e. The van der Waals surface area contributed by atoms with Gasteiger partial charge < -0.3 is 4.42 Å². The zero-order chi connectivity index (χ0) is 17.5. The summed E-state index contributed by atoms with van der Waals surface area (Å²) in [7, 11) is 0. The molecule has 0 aliphatic rings. The molecule has 0 unspecified atom stereocenters. The molecule has 0 aliphatic carbocycles. The van der Waals surface area contributed by atoms with Gasteiger partial charge in [0.05, 0.1) is 18.0 Å². The number of nitrogens with zero attached hydrogens (tertiary/aromatic N) is 5. The van der Waals surface area contributed by atoms with Gasteiger partial charge in [0.25, 0.3) is 5.95 Å². The summed E-state index contributed by atoms with van der Waals surface area (Å²) in [5.41, 5.74) is 4.25. The van der Waals surface area contributed by atoms with Crippen LogP contribution in [0.15, 0.2) is 64.3 Å². The largest absolute Gasteiger partial charge is 0.433 e. The quantitative estimate of drug-likeness (QED) is 0.417. The first kappa shape index (κ1) is 16.0. The molecule has 3 rings (SSSR count). The van der Waals surface area contributed by atoms with Gasteiger partial charge in [0.15, 0.2) is 0 Å². The lowest BCUT2D eigenvalue weighted by molar-refractivity contribution is -0.402. The molecule has 0 bridgehead atoms. The second kappa shape index (κ2) is 7.59. The van der Waals surface area contributed by atoms with Gasteiger partial charge in [0.1, 0.15) is 10.7 Å². The predicted molar refractivity (Wildman–Crippen MR) is 91.8 cm³/mol. The number of allylic oxidation sites excluding steroid dienone is 1. The minimum absolute atomic E-state index is 0.250. The molecule has 0 atom stereocenters. The van der Waals surface area contributed by atoms with Gasteiger partial charge in [-0.05, 0) is 18.2 Å². The molecule has 0 spiro atoms. The van der Waals surface area contributed by atoms with Gasteiger partial charge in [-0.25, -0.2) is 10.4 Å². The lowest BCUT2D eigenvalue weighted by Gasteiger charge is -2.01. The average molecular weight is 336 g/mol. The number of nitrogens with one attached hydrogen (secondary N) is 1. The van der Waals surface area contributed by atoms with Crippen molar-refractivity contribution in [3.05, 3.63) is 70.6 Å². The highest BCUT2D eigenvalue weighted by atomic mass is 16.6. The van der Waals surface area contributed by atoms with Crippen LogP contribution in [0.4, 0.5) is 11.8 Å². The Morgan fingerprint density at radius 2 is 2.04 bits per heavy atom. The van der Waals surface area contributed by atoms with Crippen LogP contribution in [0.2, 0.25) is 0 Å². The first-order valence-electron chi connectivity index (χ1n) is 7.17. The van der Waals surface area contributed by atoms with Gasteiger partial charge in [-0.15, -0.1) is 5.10 Å². The zero-order valence-electron chi connectivity index (χ0n) is 12.8. The van der Waals surface area contributed by atoms with Gasteiger partial charge in [-0.2, -0.15) is 10.2 Å². The Kier molecular flexibility index (Phi) is 4.86. The summed E-state index contributed by atoms with van der Waals surface area (Å²) >= 11 is 0. The van der Waals surface area contributed by atoms with Crippen LogP contribution in [0, 0.1) is 10.1 Å². The van der Waals surface area contributed by atoms with Gasteiger partial charge >= 0.3 is 5.88 Å². The fourth-order valence-corrected chi connectivity index (χ4v) is 1.90. The third-order valence-corrected chi connectivity index (χ3v) is 3.01. The number of hydrazone groups is 1. The van der Waals surface area contributed by atoms with Crippen molar-refractivity contribution in [3.63, 3.8) is 0 Å². The highest BCUT2D eigenvalue weighted by Crippen LogP contribution is 2.17. The van der Waals surface area contributed by atoms with Crippen LogP contribution in [0.25, 0.3) is 17.3 Å². The topological polar surface area (TPSA) is 119 Å². The van der Waals surface area contributed by atoms with E-state index in [1.54, 1.807) is 12.3 Å². The van der Waals surface area contributed by atoms with E-state index in [4.69, 9.17) is 4.42 Å². The molecule has 1 aromatic carbocycles. The van der Waals surface area contributed by atoms with Crippen LogP contribution < -0.4 is 5.43 Å². The van der Waals surface area contributed by atoms with Crippen molar-refractivity contribution in [2.45, 2.75) is 0 Å². The van der Waals surface area contributed by atoms with Crippen molar-refractivity contribution in [1.29, 1.82) is 0 Å². The van der Waals surface area contributed by atoms with E-state index in [1.807, 2.05) is 30.3 Å². The third-order valence-electron chi connectivity index (χ3n) is 3.01. The Bertz CT molecular complexity index is 920. The maximum absolute atomic E-state index is 10.5. The summed E-state index contributed by atoms with van der Waals surface area (Å²) in [4.78, 5) is 14.2. The van der Waals surface area contributed by atoms with E-state index in [9.17, 15) is 10.1 Å².